The van der Waals surface area contributed by atoms with Crippen LogP contribution in [0.2, 0.25) is 0 Å². The van der Waals surface area contributed by atoms with Gasteiger partial charge >= 0.3 is 6.03 Å². The summed E-state index contributed by atoms with van der Waals surface area (Å²) in [4.78, 5) is 39.2. The summed E-state index contributed by atoms with van der Waals surface area (Å²) in [6.45, 7) is 8.29. The molecule has 1 saturated heterocycles. The van der Waals surface area contributed by atoms with Gasteiger partial charge in [-0.3, -0.25) is 14.9 Å². The Bertz CT molecular complexity index is 1090. The molecule has 1 aliphatic rings. The monoisotopic (exact) mass is 486 g/mol. The zero-order valence-corrected chi connectivity index (χ0v) is 19.3. The van der Waals surface area contributed by atoms with Crippen LogP contribution in [0.1, 0.15) is 30.5 Å². The fourth-order valence-electron chi connectivity index (χ4n) is 3.24. The largest absolute Gasteiger partial charge is 0.490 e. The SMILES string of the molecule is CCOc1cc(/C=C2\C(=O)NC(=O)N(c3cccc(C)c3C)C2=O)cc(Br)c1OCC. The molecule has 0 aromatic heterocycles. The van der Waals surface area contributed by atoms with E-state index in [0.29, 0.717) is 40.4 Å². The highest BCUT2D eigenvalue weighted by molar-refractivity contribution is 9.10. The number of halogens is 1. The highest BCUT2D eigenvalue weighted by atomic mass is 79.9. The number of hydrogen-bond donors (Lipinski definition) is 1. The lowest BCUT2D eigenvalue weighted by molar-refractivity contribution is -0.122. The summed E-state index contributed by atoms with van der Waals surface area (Å²) in [5.41, 5.74) is 2.54. The summed E-state index contributed by atoms with van der Waals surface area (Å²) >= 11 is 3.46. The second-order valence-electron chi connectivity index (χ2n) is 6.87. The van der Waals surface area contributed by atoms with Crippen molar-refractivity contribution in [1.29, 1.82) is 0 Å². The van der Waals surface area contributed by atoms with Crippen LogP contribution in [0.15, 0.2) is 40.4 Å². The van der Waals surface area contributed by atoms with Crippen LogP contribution in [-0.2, 0) is 9.59 Å². The Morgan fingerprint density at radius 3 is 2.45 bits per heavy atom. The molecule has 2 aromatic rings. The van der Waals surface area contributed by atoms with Gasteiger partial charge in [0.2, 0.25) is 0 Å². The maximum Gasteiger partial charge on any atom is 0.335 e. The topological polar surface area (TPSA) is 84.9 Å². The predicted molar refractivity (Wildman–Crippen MR) is 121 cm³/mol. The van der Waals surface area contributed by atoms with Gasteiger partial charge in [-0.2, -0.15) is 0 Å². The normalized spacial score (nSPS) is 15.3. The third-order valence-electron chi connectivity index (χ3n) is 4.85. The number of aryl methyl sites for hydroxylation is 1. The number of nitrogens with one attached hydrogen (secondary N) is 1. The van der Waals surface area contributed by atoms with Crippen molar-refractivity contribution in [3.05, 3.63) is 57.1 Å². The van der Waals surface area contributed by atoms with Gasteiger partial charge in [0.05, 0.1) is 23.4 Å². The van der Waals surface area contributed by atoms with Crippen molar-refractivity contribution < 1.29 is 23.9 Å². The van der Waals surface area contributed by atoms with Crippen molar-refractivity contribution in [1.82, 2.24) is 5.32 Å². The highest BCUT2D eigenvalue weighted by Crippen LogP contribution is 2.38. The summed E-state index contributed by atoms with van der Waals surface area (Å²) in [7, 11) is 0. The van der Waals surface area contributed by atoms with Crippen molar-refractivity contribution >= 4 is 45.5 Å². The van der Waals surface area contributed by atoms with Gasteiger partial charge in [0.1, 0.15) is 5.57 Å². The lowest BCUT2D eigenvalue weighted by Gasteiger charge is -2.28. The predicted octanol–water partition coefficient (Wildman–Crippen LogP) is 4.53. The van der Waals surface area contributed by atoms with E-state index in [1.807, 2.05) is 33.8 Å². The molecular formula is C23H23BrN2O5. The second kappa shape index (κ2) is 9.34. The smallest absolute Gasteiger partial charge is 0.335 e. The third-order valence-corrected chi connectivity index (χ3v) is 5.44. The molecule has 0 spiro atoms. The summed E-state index contributed by atoms with van der Waals surface area (Å²) in [6, 6.07) is 7.96. The van der Waals surface area contributed by atoms with E-state index in [1.165, 1.54) is 6.08 Å². The first-order valence-corrected chi connectivity index (χ1v) is 10.6. The number of barbiturate groups is 1. The van der Waals surface area contributed by atoms with Crippen molar-refractivity contribution in [2.75, 3.05) is 18.1 Å². The van der Waals surface area contributed by atoms with Crippen molar-refractivity contribution in [3.8, 4) is 11.5 Å². The molecule has 0 saturated carbocycles. The molecular weight excluding hydrogens is 464 g/mol. The van der Waals surface area contributed by atoms with E-state index in [4.69, 9.17) is 9.47 Å². The molecule has 0 atom stereocenters. The van der Waals surface area contributed by atoms with Crippen molar-refractivity contribution in [2.45, 2.75) is 27.7 Å². The standard InChI is InChI=1S/C23H23BrN2O5/c1-5-30-19-12-15(11-17(24)20(19)31-6-2)10-16-21(27)25-23(29)26(22(16)28)18-9-7-8-13(3)14(18)4/h7-12H,5-6H2,1-4H3,(H,25,27,29)/b16-10+. The summed E-state index contributed by atoms with van der Waals surface area (Å²) < 4.78 is 11.9. The molecule has 0 unspecified atom stereocenters. The molecule has 8 heteroatoms. The zero-order chi connectivity index (χ0) is 22.7. The molecule has 162 valence electrons. The molecule has 1 heterocycles. The Hall–Kier alpha value is -3.13. The lowest BCUT2D eigenvalue weighted by Crippen LogP contribution is -2.54. The number of imide groups is 2. The first-order chi connectivity index (χ1) is 14.8. The van der Waals surface area contributed by atoms with Crippen LogP contribution in [0.25, 0.3) is 6.08 Å². The number of hydrogen-bond acceptors (Lipinski definition) is 5. The number of anilines is 1. The van der Waals surface area contributed by atoms with Crippen LogP contribution in [0, 0.1) is 13.8 Å². The first-order valence-electron chi connectivity index (χ1n) is 9.85. The van der Waals surface area contributed by atoms with Gasteiger partial charge in [-0.15, -0.1) is 0 Å². The van der Waals surface area contributed by atoms with E-state index in [1.54, 1.807) is 24.3 Å². The van der Waals surface area contributed by atoms with E-state index >= 15 is 0 Å². The Labute approximate surface area is 189 Å². The van der Waals surface area contributed by atoms with Crippen molar-refractivity contribution in [3.63, 3.8) is 0 Å². The number of amides is 4. The number of rotatable bonds is 6. The van der Waals surface area contributed by atoms with Gasteiger partial charge in [-0.05, 0) is 84.6 Å². The summed E-state index contributed by atoms with van der Waals surface area (Å²) in [5, 5.41) is 2.25. The van der Waals surface area contributed by atoms with Gasteiger partial charge in [0.15, 0.2) is 11.5 Å². The van der Waals surface area contributed by atoms with Gasteiger partial charge in [-0.1, -0.05) is 12.1 Å². The molecule has 0 bridgehead atoms. The highest BCUT2D eigenvalue weighted by Gasteiger charge is 2.37. The number of nitrogens with zero attached hydrogens (tertiary/aromatic N) is 1. The van der Waals surface area contributed by atoms with Crippen LogP contribution >= 0.6 is 15.9 Å². The van der Waals surface area contributed by atoms with Gasteiger partial charge in [0, 0.05) is 0 Å². The van der Waals surface area contributed by atoms with E-state index < -0.39 is 17.8 Å². The first kappa shape index (κ1) is 22.6. The van der Waals surface area contributed by atoms with E-state index in [9.17, 15) is 14.4 Å². The molecule has 0 radical (unpaired) electrons. The molecule has 7 nitrogen and oxygen atoms in total. The van der Waals surface area contributed by atoms with Crippen LogP contribution in [0.4, 0.5) is 10.5 Å². The minimum absolute atomic E-state index is 0.154. The Balaban J connectivity index is 2.07. The van der Waals surface area contributed by atoms with Crippen LogP contribution in [-0.4, -0.2) is 31.1 Å². The molecule has 1 N–H and O–H groups in total. The van der Waals surface area contributed by atoms with E-state index in [2.05, 4.69) is 21.2 Å². The van der Waals surface area contributed by atoms with Crippen LogP contribution in [0.5, 0.6) is 11.5 Å². The third kappa shape index (κ3) is 4.49. The Morgan fingerprint density at radius 1 is 1.06 bits per heavy atom. The Morgan fingerprint density at radius 2 is 1.77 bits per heavy atom. The average molecular weight is 487 g/mol. The number of ether oxygens (including phenoxy) is 2. The summed E-state index contributed by atoms with van der Waals surface area (Å²) in [6.07, 6.45) is 1.44. The second-order valence-corrected chi connectivity index (χ2v) is 7.73. The molecule has 3 rings (SSSR count). The molecule has 1 aliphatic heterocycles. The number of benzene rings is 2. The van der Waals surface area contributed by atoms with Crippen LogP contribution in [0.3, 0.4) is 0 Å². The van der Waals surface area contributed by atoms with Crippen LogP contribution < -0.4 is 19.7 Å². The number of urea groups is 1. The van der Waals surface area contributed by atoms with E-state index in [0.717, 1.165) is 16.0 Å². The zero-order valence-electron chi connectivity index (χ0n) is 17.7. The fraction of sp³-hybridized carbons (Fsp3) is 0.261. The number of carbonyl (C=O) groups excluding carboxylic acids is 3. The van der Waals surface area contributed by atoms with Crippen molar-refractivity contribution in [2.24, 2.45) is 0 Å². The molecule has 2 aromatic carbocycles. The fourth-order valence-corrected chi connectivity index (χ4v) is 3.81. The van der Waals surface area contributed by atoms with Gasteiger partial charge in [0.25, 0.3) is 11.8 Å². The molecule has 31 heavy (non-hydrogen) atoms. The average Bonchev–Trinajstić information content (AvgIpc) is 2.71. The maximum absolute atomic E-state index is 13.2. The number of carbonyl (C=O) groups is 3. The molecule has 0 aliphatic carbocycles. The lowest BCUT2D eigenvalue weighted by atomic mass is 10.0. The van der Waals surface area contributed by atoms with Gasteiger partial charge < -0.3 is 9.47 Å². The van der Waals surface area contributed by atoms with E-state index in [-0.39, 0.29) is 5.57 Å². The quantitative estimate of drug-likeness (QED) is 0.478. The molecule has 1 fully saturated rings. The Kier molecular flexibility index (Phi) is 6.80. The maximum atomic E-state index is 13.2. The minimum Gasteiger partial charge on any atom is -0.490 e. The summed E-state index contributed by atoms with van der Waals surface area (Å²) in [5.74, 6) is -0.417. The molecule has 4 amide bonds. The minimum atomic E-state index is -0.774. The van der Waals surface area contributed by atoms with Gasteiger partial charge in [-0.25, -0.2) is 9.69 Å².